The number of aromatic nitrogens is 2. The number of nitrogens with one attached hydrogen (secondary N) is 1. The molecule has 0 unspecified atom stereocenters. The number of anilines is 1. The fourth-order valence-electron chi connectivity index (χ4n) is 2.29. The maximum Gasteiger partial charge on any atom is 0.224 e. The zero-order valence-electron chi connectivity index (χ0n) is 11.2. The summed E-state index contributed by atoms with van der Waals surface area (Å²) in [4.78, 5) is 7.81. The molecule has 1 aliphatic carbocycles. The molecule has 4 nitrogen and oxygen atoms in total. The van der Waals surface area contributed by atoms with Crippen LogP contribution in [0.25, 0.3) is 0 Å². The summed E-state index contributed by atoms with van der Waals surface area (Å²) in [6.45, 7) is 4.90. The number of hydrogen-bond acceptors (Lipinski definition) is 4. The molecule has 0 saturated heterocycles. The van der Waals surface area contributed by atoms with Gasteiger partial charge in [-0.25, -0.2) is 4.98 Å². The zero-order chi connectivity index (χ0) is 14.1. The van der Waals surface area contributed by atoms with Crippen LogP contribution in [0.1, 0.15) is 39.5 Å². The normalized spacial score (nSPS) is 21.1. The first-order chi connectivity index (χ1) is 8.80. The minimum atomic E-state index is -0.698. The molecule has 19 heavy (non-hydrogen) atoms. The van der Waals surface area contributed by atoms with Crippen LogP contribution >= 0.6 is 23.2 Å². The molecular weight excluding hydrogens is 285 g/mol. The first kappa shape index (κ1) is 14.8. The summed E-state index contributed by atoms with van der Waals surface area (Å²) in [5, 5.41) is 14.2. The summed E-state index contributed by atoms with van der Waals surface area (Å²) in [6, 6.07) is 0. The highest BCUT2D eigenvalue weighted by atomic mass is 35.5. The second kappa shape index (κ2) is 5.43. The van der Waals surface area contributed by atoms with Crippen molar-refractivity contribution in [3.63, 3.8) is 0 Å². The Morgan fingerprint density at radius 1 is 1.26 bits per heavy atom. The van der Waals surface area contributed by atoms with Gasteiger partial charge in [0.05, 0.1) is 11.8 Å². The molecule has 0 aromatic carbocycles. The van der Waals surface area contributed by atoms with Gasteiger partial charge in [0.2, 0.25) is 5.28 Å². The van der Waals surface area contributed by atoms with Crippen LogP contribution in [0.5, 0.6) is 0 Å². The third-order valence-corrected chi connectivity index (χ3v) is 4.29. The van der Waals surface area contributed by atoms with Gasteiger partial charge in [-0.1, -0.05) is 25.4 Å². The predicted molar refractivity (Wildman–Crippen MR) is 77.7 cm³/mol. The number of rotatable bonds is 3. The van der Waals surface area contributed by atoms with Crippen LogP contribution in [0.2, 0.25) is 10.3 Å². The molecule has 2 rings (SSSR count). The van der Waals surface area contributed by atoms with Crippen molar-refractivity contribution in [2.45, 2.75) is 45.1 Å². The van der Waals surface area contributed by atoms with E-state index in [1.807, 2.05) is 0 Å². The van der Waals surface area contributed by atoms with E-state index in [-0.39, 0.29) is 5.28 Å². The van der Waals surface area contributed by atoms with Crippen LogP contribution in [0, 0.1) is 5.41 Å². The summed E-state index contributed by atoms with van der Waals surface area (Å²) in [5.41, 5.74) is -0.377. The standard InChI is InChI=1S/C13H19Cl2N3O/c1-12(2)3-5-13(19,6-4-12)8-17-10-9(14)7-16-11(15)18-10/h7,19H,3-6,8H2,1-2H3,(H,16,17,18). The van der Waals surface area contributed by atoms with E-state index in [2.05, 4.69) is 29.1 Å². The van der Waals surface area contributed by atoms with Crippen molar-refractivity contribution in [1.82, 2.24) is 9.97 Å². The van der Waals surface area contributed by atoms with Gasteiger partial charge < -0.3 is 10.4 Å². The SMILES string of the molecule is CC1(C)CCC(O)(CNc2nc(Cl)ncc2Cl)CC1. The van der Waals surface area contributed by atoms with Crippen molar-refractivity contribution >= 4 is 29.0 Å². The summed E-state index contributed by atoms with van der Waals surface area (Å²) in [7, 11) is 0. The molecule has 1 fully saturated rings. The van der Waals surface area contributed by atoms with E-state index in [0.29, 0.717) is 22.8 Å². The molecular formula is C13H19Cl2N3O. The number of halogens is 2. The molecule has 0 amide bonds. The average molecular weight is 304 g/mol. The fraction of sp³-hybridized carbons (Fsp3) is 0.692. The van der Waals surface area contributed by atoms with Crippen molar-refractivity contribution in [1.29, 1.82) is 0 Å². The minimum absolute atomic E-state index is 0.142. The molecule has 1 saturated carbocycles. The third kappa shape index (κ3) is 3.94. The molecule has 0 bridgehead atoms. The van der Waals surface area contributed by atoms with Crippen LogP contribution in [0.4, 0.5) is 5.82 Å². The summed E-state index contributed by atoms with van der Waals surface area (Å²) in [5.74, 6) is 0.472. The second-order valence-corrected chi connectivity index (χ2v) is 6.82. The lowest BCUT2D eigenvalue weighted by atomic mass is 9.71. The van der Waals surface area contributed by atoms with Gasteiger partial charge in [0.25, 0.3) is 0 Å². The van der Waals surface area contributed by atoms with Gasteiger partial charge in [-0.05, 0) is 42.7 Å². The molecule has 1 aromatic heterocycles. The molecule has 1 aliphatic rings. The highest BCUT2D eigenvalue weighted by Gasteiger charge is 2.36. The largest absolute Gasteiger partial charge is 0.388 e. The minimum Gasteiger partial charge on any atom is -0.388 e. The van der Waals surface area contributed by atoms with Crippen molar-refractivity contribution < 1.29 is 5.11 Å². The lowest BCUT2D eigenvalue weighted by Gasteiger charge is -2.40. The van der Waals surface area contributed by atoms with E-state index in [0.717, 1.165) is 25.7 Å². The summed E-state index contributed by atoms with van der Waals surface area (Å²) in [6.07, 6.45) is 5.05. The predicted octanol–water partition coefficient (Wildman–Crippen LogP) is 3.53. The van der Waals surface area contributed by atoms with E-state index >= 15 is 0 Å². The molecule has 106 valence electrons. The Morgan fingerprint density at radius 3 is 2.53 bits per heavy atom. The molecule has 0 atom stereocenters. The Balaban J connectivity index is 1.97. The van der Waals surface area contributed by atoms with Crippen LogP contribution in [-0.2, 0) is 0 Å². The first-order valence-corrected chi connectivity index (χ1v) is 7.20. The molecule has 6 heteroatoms. The second-order valence-electron chi connectivity index (χ2n) is 6.08. The zero-order valence-corrected chi connectivity index (χ0v) is 12.7. The topological polar surface area (TPSA) is 58.0 Å². The molecule has 0 spiro atoms. The maximum absolute atomic E-state index is 10.5. The Bertz CT molecular complexity index is 455. The van der Waals surface area contributed by atoms with E-state index in [1.54, 1.807) is 0 Å². The first-order valence-electron chi connectivity index (χ1n) is 6.44. The fourth-order valence-corrected chi connectivity index (χ4v) is 2.58. The van der Waals surface area contributed by atoms with Crippen LogP contribution in [-0.4, -0.2) is 27.2 Å². The van der Waals surface area contributed by atoms with Crippen LogP contribution in [0.15, 0.2) is 6.20 Å². The quantitative estimate of drug-likeness (QED) is 0.839. The van der Waals surface area contributed by atoms with Gasteiger partial charge in [0.15, 0.2) is 0 Å². The van der Waals surface area contributed by atoms with E-state index in [1.165, 1.54) is 6.20 Å². The summed E-state index contributed by atoms with van der Waals surface area (Å²) >= 11 is 11.7. The molecule has 0 radical (unpaired) electrons. The number of aliphatic hydroxyl groups is 1. The molecule has 1 aromatic rings. The van der Waals surface area contributed by atoms with Crippen molar-refractivity contribution in [2.75, 3.05) is 11.9 Å². The maximum atomic E-state index is 10.5. The van der Waals surface area contributed by atoms with Gasteiger partial charge in [-0.2, -0.15) is 4.98 Å². The average Bonchev–Trinajstić information content (AvgIpc) is 2.35. The Kier molecular flexibility index (Phi) is 4.23. The Hall–Kier alpha value is -0.580. The van der Waals surface area contributed by atoms with E-state index in [4.69, 9.17) is 23.2 Å². The molecule has 2 N–H and O–H groups in total. The van der Waals surface area contributed by atoms with Gasteiger partial charge in [-0.15, -0.1) is 0 Å². The summed E-state index contributed by atoms with van der Waals surface area (Å²) < 4.78 is 0. The highest BCUT2D eigenvalue weighted by Crippen LogP contribution is 2.40. The van der Waals surface area contributed by atoms with Gasteiger partial charge in [0, 0.05) is 6.54 Å². The Morgan fingerprint density at radius 2 is 1.89 bits per heavy atom. The van der Waals surface area contributed by atoms with Gasteiger partial charge >= 0.3 is 0 Å². The van der Waals surface area contributed by atoms with Crippen molar-refractivity contribution in [2.24, 2.45) is 5.41 Å². The molecule has 0 aliphatic heterocycles. The van der Waals surface area contributed by atoms with Crippen molar-refractivity contribution in [3.8, 4) is 0 Å². The highest BCUT2D eigenvalue weighted by molar-refractivity contribution is 6.33. The molecule has 1 heterocycles. The van der Waals surface area contributed by atoms with Crippen molar-refractivity contribution in [3.05, 3.63) is 16.5 Å². The van der Waals surface area contributed by atoms with Gasteiger partial charge in [0.1, 0.15) is 10.8 Å². The van der Waals surface area contributed by atoms with Crippen LogP contribution in [0.3, 0.4) is 0 Å². The third-order valence-electron chi connectivity index (χ3n) is 3.83. The lowest BCUT2D eigenvalue weighted by Crippen LogP contribution is -2.42. The lowest BCUT2D eigenvalue weighted by molar-refractivity contribution is -0.0145. The van der Waals surface area contributed by atoms with Crippen LogP contribution < -0.4 is 5.32 Å². The Labute approximate surface area is 123 Å². The monoisotopic (exact) mass is 303 g/mol. The number of nitrogens with zero attached hydrogens (tertiary/aromatic N) is 2. The smallest absolute Gasteiger partial charge is 0.224 e. The van der Waals surface area contributed by atoms with E-state index in [9.17, 15) is 5.11 Å². The van der Waals surface area contributed by atoms with E-state index < -0.39 is 5.60 Å². The number of hydrogen-bond donors (Lipinski definition) is 2. The van der Waals surface area contributed by atoms with Gasteiger partial charge in [-0.3, -0.25) is 0 Å².